The number of hydrogen-bond acceptors (Lipinski definition) is 3. The molecule has 1 heterocycles. The van der Waals surface area contributed by atoms with Crippen molar-refractivity contribution in [3.8, 4) is 0 Å². The summed E-state index contributed by atoms with van der Waals surface area (Å²) in [6, 6.07) is 0. The molecule has 0 saturated carbocycles. The van der Waals surface area contributed by atoms with E-state index in [2.05, 4.69) is 0 Å². The van der Waals surface area contributed by atoms with Crippen molar-refractivity contribution in [3.63, 3.8) is 0 Å². The molecule has 0 unspecified atom stereocenters. The van der Waals surface area contributed by atoms with Gasteiger partial charge in [-0.25, -0.2) is 0 Å². The lowest BCUT2D eigenvalue weighted by Crippen LogP contribution is -2.04. The van der Waals surface area contributed by atoms with Crippen LogP contribution in [0.5, 0.6) is 0 Å². The first-order valence-electron chi connectivity index (χ1n) is 1.61. The van der Waals surface area contributed by atoms with Crippen molar-refractivity contribution in [1.82, 2.24) is 0 Å². The highest BCUT2D eigenvalue weighted by Gasteiger charge is 2.01. The predicted molar refractivity (Wildman–Crippen MR) is 32.3 cm³/mol. The molecule has 0 spiro atoms. The molecular weight excluding hydrogens is 114 g/mol. The average molecular weight is 119 g/mol. The van der Waals surface area contributed by atoms with E-state index in [1.165, 1.54) is 0 Å². The Labute approximate surface area is 45.4 Å². The molecule has 0 aromatic heterocycles. The van der Waals surface area contributed by atoms with E-state index < -0.39 is 0 Å². The number of hydrogen-bond donors (Lipinski definition) is 1. The van der Waals surface area contributed by atoms with Crippen LogP contribution in [0, 0.1) is 0 Å². The normalized spacial score (nSPS) is 22.8. The van der Waals surface area contributed by atoms with Crippen LogP contribution in [0.4, 0.5) is 0 Å². The van der Waals surface area contributed by atoms with Crippen molar-refractivity contribution in [2.24, 2.45) is 5.73 Å². The van der Waals surface area contributed by atoms with E-state index in [1.807, 2.05) is 10.8 Å². The third-order valence-electron chi connectivity index (χ3n) is 0.481. The largest absolute Gasteiger partial charge is 0.310 e. The first-order valence-corrected chi connectivity index (χ1v) is 3.50. The Morgan fingerprint density at radius 2 is 1.83 bits per heavy atom. The van der Waals surface area contributed by atoms with Gasteiger partial charge < -0.3 is 5.73 Å². The SMILES string of the molecule is NC1SC=CS1. The summed E-state index contributed by atoms with van der Waals surface area (Å²) in [5.74, 6) is 0. The number of rotatable bonds is 0. The van der Waals surface area contributed by atoms with E-state index in [1.54, 1.807) is 23.5 Å². The molecule has 3 heteroatoms. The predicted octanol–water partition coefficient (Wildman–Crippen LogP) is 1.18. The summed E-state index contributed by atoms with van der Waals surface area (Å²) >= 11 is 3.31. The third kappa shape index (κ3) is 0.929. The Kier molecular flexibility index (Phi) is 1.45. The monoisotopic (exact) mass is 119 g/mol. The molecule has 6 heavy (non-hydrogen) atoms. The molecule has 1 nitrogen and oxygen atoms in total. The second kappa shape index (κ2) is 1.91. The van der Waals surface area contributed by atoms with E-state index in [9.17, 15) is 0 Å². The zero-order valence-electron chi connectivity index (χ0n) is 3.13. The molecule has 0 atom stereocenters. The first-order chi connectivity index (χ1) is 2.89. The van der Waals surface area contributed by atoms with Crippen LogP contribution >= 0.6 is 23.5 Å². The van der Waals surface area contributed by atoms with Gasteiger partial charge in [-0.2, -0.15) is 0 Å². The summed E-state index contributed by atoms with van der Waals surface area (Å²) in [6.07, 6.45) is 0. The minimum absolute atomic E-state index is 0.269. The average Bonchev–Trinajstić information content (AvgIpc) is 1.86. The maximum atomic E-state index is 5.40. The molecule has 0 saturated heterocycles. The molecular formula is C3H5NS2. The molecule has 2 N–H and O–H groups in total. The summed E-state index contributed by atoms with van der Waals surface area (Å²) in [6.45, 7) is 0. The van der Waals surface area contributed by atoms with Crippen LogP contribution in [0.1, 0.15) is 0 Å². The lowest BCUT2D eigenvalue weighted by Gasteiger charge is -1.92. The van der Waals surface area contributed by atoms with E-state index in [0.717, 1.165) is 0 Å². The lowest BCUT2D eigenvalue weighted by atomic mass is 11.3. The highest BCUT2D eigenvalue weighted by Crippen LogP contribution is 2.28. The summed E-state index contributed by atoms with van der Waals surface area (Å²) < 4.78 is 0.269. The molecule has 34 valence electrons. The Morgan fingerprint density at radius 1 is 1.33 bits per heavy atom. The maximum absolute atomic E-state index is 5.40. The van der Waals surface area contributed by atoms with E-state index in [-0.39, 0.29) is 4.71 Å². The summed E-state index contributed by atoms with van der Waals surface area (Å²) in [4.78, 5) is 0. The van der Waals surface area contributed by atoms with Crippen LogP contribution in [0.2, 0.25) is 0 Å². The smallest absolute Gasteiger partial charge is 0.106 e. The fourth-order valence-electron chi connectivity index (χ4n) is 0.251. The molecule has 0 amide bonds. The lowest BCUT2D eigenvalue weighted by molar-refractivity contribution is 1.33. The van der Waals surface area contributed by atoms with E-state index >= 15 is 0 Å². The van der Waals surface area contributed by atoms with Crippen LogP contribution in [-0.2, 0) is 0 Å². The van der Waals surface area contributed by atoms with Gasteiger partial charge in [-0.05, 0) is 10.8 Å². The number of thioether (sulfide) groups is 2. The molecule has 1 aliphatic heterocycles. The zero-order valence-corrected chi connectivity index (χ0v) is 4.76. The van der Waals surface area contributed by atoms with Gasteiger partial charge in [0.15, 0.2) is 0 Å². The molecule has 0 aliphatic carbocycles. The van der Waals surface area contributed by atoms with Gasteiger partial charge in [-0.15, -0.1) is 23.5 Å². The number of nitrogens with two attached hydrogens (primary N) is 1. The van der Waals surface area contributed by atoms with Gasteiger partial charge in [0.1, 0.15) is 4.71 Å². The van der Waals surface area contributed by atoms with Crippen LogP contribution in [-0.4, -0.2) is 4.71 Å². The van der Waals surface area contributed by atoms with Gasteiger partial charge in [-0.1, -0.05) is 0 Å². The minimum Gasteiger partial charge on any atom is -0.310 e. The summed E-state index contributed by atoms with van der Waals surface area (Å²) in [7, 11) is 0. The molecule has 0 aromatic carbocycles. The van der Waals surface area contributed by atoms with Crippen LogP contribution in [0.25, 0.3) is 0 Å². The summed E-state index contributed by atoms with van der Waals surface area (Å²) in [5.41, 5.74) is 5.40. The first kappa shape index (κ1) is 4.56. The fraction of sp³-hybridized carbons (Fsp3) is 0.333. The standard InChI is InChI=1S/C3H5NS2/c4-3-5-1-2-6-3/h1-3H,4H2. The van der Waals surface area contributed by atoms with Crippen LogP contribution in [0.15, 0.2) is 10.8 Å². The van der Waals surface area contributed by atoms with Crippen LogP contribution < -0.4 is 5.73 Å². The van der Waals surface area contributed by atoms with Gasteiger partial charge in [0, 0.05) is 0 Å². The van der Waals surface area contributed by atoms with Crippen molar-refractivity contribution < 1.29 is 0 Å². The molecule has 0 radical (unpaired) electrons. The van der Waals surface area contributed by atoms with Crippen molar-refractivity contribution >= 4 is 23.5 Å². The van der Waals surface area contributed by atoms with E-state index in [0.29, 0.717) is 0 Å². The van der Waals surface area contributed by atoms with Gasteiger partial charge in [0.2, 0.25) is 0 Å². The van der Waals surface area contributed by atoms with Crippen molar-refractivity contribution in [1.29, 1.82) is 0 Å². The maximum Gasteiger partial charge on any atom is 0.106 e. The molecule has 1 aliphatic rings. The van der Waals surface area contributed by atoms with Crippen LogP contribution in [0.3, 0.4) is 0 Å². The Bertz CT molecular complexity index is 63.2. The summed E-state index contributed by atoms with van der Waals surface area (Å²) in [5, 5.41) is 4.02. The van der Waals surface area contributed by atoms with E-state index in [4.69, 9.17) is 5.73 Å². The highest BCUT2D eigenvalue weighted by atomic mass is 32.2. The zero-order chi connectivity index (χ0) is 4.41. The second-order valence-corrected chi connectivity index (χ2v) is 3.32. The minimum atomic E-state index is 0.269. The highest BCUT2D eigenvalue weighted by molar-refractivity contribution is 8.22. The molecule has 0 aromatic rings. The fourth-order valence-corrected chi connectivity index (χ4v) is 1.72. The van der Waals surface area contributed by atoms with Gasteiger partial charge in [-0.3, -0.25) is 0 Å². The van der Waals surface area contributed by atoms with Gasteiger partial charge in [0.05, 0.1) is 0 Å². The Balaban J connectivity index is 2.32. The third-order valence-corrected chi connectivity index (χ3v) is 2.44. The van der Waals surface area contributed by atoms with Crippen molar-refractivity contribution in [2.45, 2.75) is 4.71 Å². The molecule has 0 bridgehead atoms. The molecule has 1 rings (SSSR count). The Hall–Kier alpha value is 0.400. The van der Waals surface area contributed by atoms with Gasteiger partial charge in [0.25, 0.3) is 0 Å². The Morgan fingerprint density at radius 3 is 2.00 bits per heavy atom. The van der Waals surface area contributed by atoms with Crippen molar-refractivity contribution in [3.05, 3.63) is 10.8 Å². The van der Waals surface area contributed by atoms with Gasteiger partial charge >= 0.3 is 0 Å². The van der Waals surface area contributed by atoms with Crippen molar-refractivity contribution in [2.75, 3.05) is 0 Å². The second-order valence-electron chi connectivity index (χ2n) is 0.913. The topological polar surface area (TPSA) is 26.0 Å². The molecule has 0 fully saturated rings. The quantitative estimate of drug-likeness (QED) is 0.518.